The third-order valence-electron chi connectivity index (χ3n) is 1.60. The first-order valence-electron chi connectivity index (χ1n) is 4.07. The first kappa shape index (κ1) is 8.64. The van der Waals surface area contributed by atoms with Crippen LogP contribution in [0.3, 0.4) is 0 Å². The van der Waals surface area contributed by atoms with Gasteiger partial charge in [-0.3, -0.25) is 10.1 Å². The van der Waals surface area contributed by atoms with Crippen LogP contribution in [0.1, 0.15) is 5.69 Å². The van der Waals surface area contributed by atoms with E-state index in [1.807, 2.05) is 0 Å². The molecule has 0 saturated heterocycles. The molecule has 0 unspecified atom stereocenters. The molecule has 2 aromatic heterocycles. The number of nitrogens with zero attached hydrogens (tertiary/aromatic N) is 3. The molecule has 0 spiro atoms. The molecule has 0 aliphatic carbocycles. The van der Waals surface area contributed by atoms with Gasteiger partial charge in [0.1, 0.15) is 0 Å². The van der Waals surface area contributed by atoms with Gasteiger partial charge in [0.15, 0.2) is 11.6 Å². The Morgan fingerprint density at radius 2 is 2.29 bits per heavy atom. The smallest absolute Gasteiger partial charge is 0.153 e. The highest BCUT2D eigenvalue weighted by atomic mass is 16.3. The minimum absolute atomic E-state index is 0.122. The SMILES string of the molecule is OCc1cncc(Nc2cc[nH]n2)n1. The monoisotopic (exact) mass is 191 g/mol. The van der Waals surface area contributed by atoms with Crippen molar-refractivity contribution in [2.75, 3.05) is 5.32 Å². The van der Waals surface area contributed by atoms with Gasteiger partial charge in [-0.05, 0) is 0 Å². The van der Waals surface area contributed by atoms with Crippen LogP contribution < -0.4 is 5.32 Å². The molecule has 72 valence electrons. The third-order valence-corrected chi connectivity index (χ3v) is 1.60. The maximum Gasteiger partial charge on any atom is 0.153 e. The van der Waals surface area contributed by atoms with Crippen molar-refractivity contribution < 1.29 is 5.11 Å². The highest BCUT2D eigenvalue weighted by Crippen LogP contribution is 2.09. The number of nitrogens with one attached hydrogen (secondary N) is 2. The van der Waals surface area contributed by atoms with Crippen LogP contribution in [-0.4, -0.2) is 25.3 Å². The van der Waals surface area contributed by atoms with Crippen molar-refractivity contribution >= 4 is 11.6 Å². The van der Waals surface area contributed by atoms with E-state index in [0.717, 1.165) is 0 Å². The molecular weight excluding hydrogens is 182 g/mol. The van der Waals surface area contributed by atoms with Crippen molar-refractivity contribution in [2.45, 2.75) is 6.61 Å². The molecule has 0 saturated carbocycles. The molecule has 0 aromatic carbocycles. The van der Waals surface area contributed by atoms with Crippen LogP contribution in [0.5, 0.6) is 0 Å². The number of hydrogen-bond donors (Lipinski definition) is 3. The molecule has 0 atom stereocenters. The summed E-state index contributed by atoms with van der Waals surface area (Å²) in [6, 6.07) is 1.77. The molecule has 3 N–H and O–H groups in total. The Hall–Kier alpha value is -1.95. The van der Waals surface area contributed by atoms with Crippen molar-refractivity contribution in [1.82, 2.24) is 20.2 Å². The maximum atomic E-state index is 8.84. The molecule has 2 rings (SSSR count). The van der Waals surface area contributed by atoms with Gasteiger partial charge in [-0.2, -0.15) is 5.10 Å². The second-order valence-electron chi connectivity index (χ2n) is 2.64. The van der Waals surface area contributed by atoms with Crippen LogP contribution in [0.4, 0.5) is 11.6 Å². The molecule has 0 amide bonds. The van der Waals surface area contributed by atoms with Crippen LogP contribution in [0, 0.1) is 0 Å². The number of H-pyrrole nitrogens is 1. The lowest BCUT2D eigenvalue weighted by Crippen LogP contribution is -1.98. The molecule has 0 radical (unpaired) electrons. The molecule has 0 fully saturated rings. The Morgan fingerprint density at radius 3 is 3.00 bits per heavy atom. The van der Waals surface area contributed by atoms with Crippen LogP contribution in [-0.2, 0) is 6.61 Å². The molecule has 2 heterocycles. The summed E-state index contributed by atoms with van der Waals surface area (Å²) < 4.78 is 0. The predicted molar refractivity (Wildman–Crippen MR) is 49.8 cm³/mol. The Kier molecular flexibility index (Phi) is 2.37. The fourth-order valence-corrected chi connectivity index (χ4v) is 1.00. The minimum atomic E-state index is -0.122. The number of aromatic nitrogens is 4. The van der Waals surface area contributed by atoms with Gasteiger partial charge in [-0.1, -0.05) is 0 Å². The van der Waals surface area contributed by atoms with Gasteiger partial charge in [0.2, 0.25) is 0 Å². The van der Waals surface area contributed by atoms with Crippen molar-refractivity contribution in [3.63, 3.8) is 0 Å². The number of aliphatic hydroxyl groups is 1. The van der Waals surface area contributed by atoms with E-state index < -0.39 is 0 Å². The third kappa shape index (κ3) is 1.86. The number of aliphatic hydroxyl groups excluding tert-OH is 1. The second-order valence-corrected chi connectivity index (χ2v) is 2.64. The Labute approximate surface area is 80.0 Å². The fourth-order valence-electron chi connectivity index (χ4n) is 1.00. The zero-order valence-electron chi connectivity index (χ0n) is 7.31. The normalized spacial score (nSPS) is 10.1. The second kappa shape index (κ2) is 3.84. The largest absolute Gasteiger partial charge is 0.390 e. The lowest BCUT2D eigenvalue weighted by molar-refractivity contribution is 0.276. The molecule has 0 aliphatic heterocycles. The summed E-state index contributed by atoms with van der Waals surface area (Å²) >= 11 is 0. The summed E-state index contributed by atoms with van der Waals surface area (Å²) in [6.45, 7) is -0.122. The summed E-state index contributed by atoms with van der Waals surface area (Å²) in [4.78, 5) is 8.00. The van der Waals surface area contributed by atoms with Gasteiger partial charge < -0.3 is 10.4 Å². The Morgan fingerprint density at radius 1 is 1.36 bits per heavy atom. The topological polar surface area (TPSA) is 86.7 Å². The van der Waals surface area contributed by atoms with Crippen molar-refractivity contribution in [2.24, 2.45) is 0 Å². The van der Waals surface area contributed by atoms with Crippen LogP contribution in [0.15, 0.2) is 24.7 Å². The molecule has 14 heavy (non-hydrogen) atoms. The summed E-state index contributed by atoms with van der Waals surface area (Å²) in [5, 5.41) is 18.3. The van der Waals surface area contributed by atoms with E-state index in [4.69, 9.17) is 5.11 Å². The standard InChI is InChI=1S/C8H9N5O/c14-5-6-3-9-4-8(11-6)12-7-1-2-10-13-7/h1-4,14H,5H2,(H2,10,11,12,13). The minimum Gasteiger partial charge on any atom is -0.390 e. The van der Waals surface area contributed by atoms with Gasteiger partial charge in [-0.25, -0.2) is 4.98 Å². The number of aromatic amines is 1. The first-order chi connectivity index (χ1) is 6.88. The van der Waals surface area contributed by atoms with Crippen LogP contribution in [0.2, 0.25) is 0 Å². The van der Waals surface area contributed by atoms with Gasteiger partial charge in [0.05, 0.1) is 24.7 Å². The fraction of sp³-hybridized carbons (Fsp3) is 0.125. The van der Waals surface area contributed by atoms with E-state index >= 15 is 0 Å². The molecule has 6 nitrogen and oxygen atoms in total. The Bertz CT molecular complexity index is 400. The Balaban J connectivity index is 2.17. The molecule has 2 aromatic rings. The summed E-state index contributed by atoms with van der Waals surface area (Å²) in [6.07, 6.45) is 4.77. The highest BCUT2D eigenvalue weighted by molar-refractivity contribution is 5.49. The number of rotatable bonds is 3. The quantitative estimate of drug-likeness (QED) is 0.655. The molecule has 0 aliphatic rings. The van der Waals surface area contributed by atoms with E-state index in [-0.39, 0.29) is 6.61 Å². The summed E-state index contributed by atoms with van der Waals surface area (Å²) in [5.41, 5.74) is 0.519. The van der Waals surface area contributed by atoms with Crippen LogP contribution in [0.25, 0.3) is 0 Å². The van der Waals surface area contributed by atoms with Gasteiger partial charge >= 0.3 is 0 Å². The van der Waals surface area contributed by atoms with E-state index in [2.05, 4.69) is 25.5 Å². The van der Waals surface area contributed by atoms with E-state index in [1.54, 1.807) is 18.5 Å². The van der Waals surface area contributed by atoms with Gasteiger partial charge in [-0.15, -0.1) is 0 Å². The van der Waals surface area contributed by atoms with E-state index in [9.17, 15) is 0 Å². The van der Waals surface area contributed by atoms with Crippen molar-refractivity contribution in [3.8, 4) is 0 Å². The predicted octanol–water partition coefficient (Wildman–Crippen LogP) is 0.436. The van der Waals surface area contributed by atoms with Crippen molar-refractivity contribution in [3.05, 3.63) is 30.4 Å². The lowest BCUT2D eigenvalue weighted by atomic mass is 10.5. The molecule has 6 heteroatoms. The van der Waals surface area contributed by atoms with E-state index in [1.165, 1.54) is 6.20 Å². The average Bonchev–Trinajstić information content (AvgIpc) is 2.71. The zero-order valence-corrected chi connectivity index (χ0v) is 7.31. The van der Waals surface area contributed by atoms with Crippen LogP contribution >= 0.6 is 0 Å². The first-order valence-corrected chi connectivity index (χ1v) is 4.07. The summed E-state index contributed by atoms with van der Waals surface area (Å²) in [5.74, 6) is 1.22. The number of hydrogen-bond acceptors (Lipinski definition) is 5. The van der Waals surface area contributed by atoms with Gasteiger partial charge in [0, 0.05) is 12.3 Å². The maximum absolute atomic E-state index is 8.84. The van der Waals surface area contributed by atoms with Gasteiger partial charge in [0.25, 0.3) is 0 Å². The average molecular weight is 191 g/mol. The van der Waals surface area contributed by atoms with Crippen molar-refractivity contribution in [1.29, 1.82) is 0 Å². The highest BCUT2D eigenvalue weighted by Gasteiger charge is 1.99. The molecule has 0 bridgehead atoms. The summed E-state index contributed by atoms with van der Waals surface area (Å²) in [7, 11) is 0. The lowest BCUT2D eigenvalue weighted by Gasteiger charge is -2.01. The molecular formula is C8H9N5O. The van der Waals surface area contributed by atoms with E-state index in [0.29, 0.717) is 17.3 Å². The number of anilines is 2. The zero-order chi connectivity index (χ0) is 9.80.